The Morgan fingerprint density at radius 1 is 1.19 bits per heavy atom. The van der Waals surface area contributed by atoms with Crippen LogP contribution >= 0.6 is 11.8 Å². The van der Waals surface area contributed by atoms with Crippen molar-refractivity contribution in [2.45, 2.75) is 57.7 Å². The van der Waals surface area contributed by atoms with Gasteiger partial charge in [-0.15, -0.1) is 0 Å². The van der Waals surface area contributed by atoms with E-state index in [4.69, 9.17) is 9.73 Å². The third-order valence-electron chi connectivity index (χ3n) is 5.22. The molecule has 0 aromatic heterocycles. The summed E-state index contributed by atoms with van der Waals surface area (Å²) in [4.78, 5) is 21.5. The van der Waals surface area contributed by atoms with Crippen molar-refractivity contribution in [1.82, 2.24) is 4.90 Å². The van der Waals surface area contributed by atoms with E-state index in [1.54, 1.807) is 25.8 Å². The minimum absolute atomic E-state index is 0.00424. The van der Waals surface area contributed by atoms with Gasteiger partial charge in [0, 0.05) is 25.4 Å². The number of methoxy groups -OCH3 is 1. The van der Waals surface area contributed by atoms with Crippen molar-refractivity contribution < 1.29 is 9.53 Å². The fourth-order valence-electron chi connectivity index (χ4n) is 3.72. The zero-order valence-corrected chi connectivity index (χ0v) is 16.8. The quantitative estimate of drug-likeness (QED) is 0.742. The molecule has 6 heteroatoms. The molecule has 1 atom stereocenters. The Balaban J connectivity index is 1.77. The number of hydrogen-bond donors (Lipinski definition) is 0. The van der Waals surface area contributed by atoms with Crippen molar-refractivity contribution in [2.24, 2.45) is 4.99 Å². The van der Waals surface area contributed by atoms with Gasteiger partial charge in [-0.1, -0.05) is 37.4 Å². The Morgan fingerprint density at radius 2 is 1.85 bits per heavy atom. The predicted octanol–water partition coefficient (Wildman–Crippen LogP) is 4.13. The highest BCUT2D eigenvalue weighted by molar-refractivity contribution is 8.14. The Hall–Kier alpha value is -1.69. The third kappa shape index (κ3) is 4.34. The maximum absolute atomic E-state index is 12.4. The average Bonchev–Trinajstić information content (AvgIpc) is 2.85. The van der Waals surface area contributed by atoms with Crippen LogP contribution in [0, 0.1) is 0 Å². The van der Waals surface area contributed by atoms with Crippen LogP contribution in [-0.4, -0.2) is 48.1 Å². The second-order valence-electron chi connectivity index (χ2n) is 7.05. The number of ether oxygens (including phenoxy) is 1. The van der Waals surface area contributed by atoms with Crippen molar-refractivity contribution in [3.8, 4) is 5.75 Å². The van der Waals surface area contributed by atoms with Gasteiger partial charge in [-0.3, -0.25) is 14.7 Å². The van der Waals surface area contributed by atoms with E-state index in [0.717, 1.165) is 22.4 Å². The molecule has 1 saturated carbocycles. The van der Waals surface area contributed by atoms with Gasteiger partial charge in [0.1, 0.15) is 11.9 Å². The number of hydrogen-bond acceptors (Lipinski definition) is 4. The number of amides is 1. The summed E-state index contributed by atoms with van der Waals surface area (Å²) in [5.74, 6) is 1.68. The number of anilines is 1. The van der Waals surface area contributed by atoms with Gasteiger partial charge in [0.15, 0.2) is 5.17 Å². The van der Waals surface area contributed by atoms with Gasteiger partial charge < -0.3 is 9.64 Å². The summed E-state index contributed by atoms with van der Waals surface area (Å²) >= 11 is 1.76. The summed E-state index contributed by atoms with van der Waals surface area (Å²) in [5.41, 5.74) is 0.895. The molecule has 0 radical (unpaired) electrons. The first-order chi connectivity index (χ1) is 12.6. The monoisotopic (exact) mass is 375 g/mol. The lowest BCUT2D eigenvalue weighted by molar-refractivity contribution is -0.117. The van der Waals surface area contributed by atoms with Crippen LogP contribution in [0.15, 0.2) is 29.3 Å². The summed E-state index contributed by atoms with van der Waals surface area (Å²) < 4.78 is 5.23. The second-order valence-corrected chi connectivity index (χ2v) is 8.03. The van der Waals surface area contributed by atoms with E-state index >= 15 is 0 Å². The zero-order chi connectivity index (χ0) is 18.5. The van der Waals surface area contributed by atoms with Crippen molar-refractivity contribution in [3.63, 3.8) is 0 Å². The number of nitrogens with zero attached hydrogens (tertiary/aromatic N) is 3. The molecule has 26 heavy (non-hydrogen) atoms. The number of carbonyl (C=O) groups excluding carboxylic acids is 1. The Morgan fingerprint density at radius 3 is 2.42 bits per heavy atom. The highest BCUT2D eigenvalue weighted by Gasteiger charge is 2.34. The normalized spacial score (nSPS) is 23.1. The van der Waals surface area contributed by atoms with Crippen LogP contribution in [-0.2, 0) is 4.79 Å². The van der Waals surface area contributed by atoms with E-state index in [0.29, 0.717) is 6.04 Å². The first kappa shape index (κ1) is 19.1. The van der Waals surface area contributed by atoms with Crippen molar-refractivity contribution in [2.75, 3.05) is 24.8 Å². The maximum Gasteiger partial charge on any atom is 0.225 e. The Labute approximate surface area is 160 Å². The van der Waals surface area contributed by atoms with Gasteiger partial charge in [0.2, 0.25) is 5.91 Å². The lowest BCUT2D eigenvalue weighted by atomic mass is 10.1. The SMILES string of the molecule is COc1ccc(N(C(C)=O)C2CSC(=NC3CCCCCC3)N2C)cc1. The molecule has 1 heterocycles. The molecule has 2 aliphatic rings. The molecule has 1 unspecified atom stereocenters. The summed E-state index contributed by atoms with van der Waals surface area (Å²) in [7, 11) is 3.70. The molecule has 1 saturated heterocycles. The molecule has 142 valence electrons. The van der Waals surface area contributed by atoms with Gasteiger partial charge in [-0.05, 0) is 37.1 Å². The third-order valence-corrected chi connectivity index (χ3v) is 6.33. The molecule has 0 N–H and O–H groups in total. The van der Waals surface area contributed by atoms with E-state index in [2.05, 4.69) is 11.9 Å². The summed E-state index contributed by atoms with van der Waals surface area (Å²) in [6, 6.07) is 8.12. The Bertz CT molecular complexity index is 639. The van der Waals surface area contributed by atoms with Crippen LogP contribution in [0.2, 0.25) is 0 Å². The summed E-state index contributed by atoms with van der Waals surface area (Å²) in [5, 5.41) is 1.07. The molecule has 0 bridgehead atoms. The first-order valence-corrected chi connectivity index (χ1v) is 10.5. The van der Waals surface area contributed by atoms with Gasteiger partial charge in [0.25, 0.3) is 0 Å². The van der Waals surface area contributed by atoms with Gasteiger partial charge in [-0.25, -0.2) is 0 Å². The van der Waals surface area contributed by atoms with Crippen molar-refractivity contribution >= 4 is 28.5 Å². The zero-order valence-electron chi connectivity index (χ0n) is 16.0. The van der Waals surface area contributed by atoms with E-state index < -0.39 is 0 Å². The molecule has 1 amide bonds. The second kappa shape index (κ2) is 8.80. The van der Waals surface area contributed by atoms with Crippen molar-refractivity contribution in [1.29, 1.82) is 0 Å². The maximum atomic E-state index is 12.4. The van der Waals surface area contributed by atoms with Crippen LogP contribution in [0.5, 0.6) is 5.75 Å². The predicted molar refractivity (Wildman–Crippen MR) is 109 cm³/mol. The number of amidine groups is 1. The molecule has 1 aromatic rings. The number of benzene rings is 1. The molecule has 1 aromatic carbocycles. The van der Waals surface area contributed by atoms with Gasteiger partial charge >= 0.3 is 0 Å². The highest BCUT2D eigenvalue weighted by Crippen LogP contribution is 2.31. The van der Waals surface area contributed by atoms with Crippen LogP contribution in [0.4, 0.5) is 5.69 Å². The number of rotatable bonds is 4. The van der Waals surface area contributed by atoms with E-state index in [1.807, 2.05) is 29.2 Å². The molecule has 5 nitrogen and oxygen atoms in total. The molecule has 3 rings (SSSR count). The highest BCUT2D eigenvalue weighted by atomic mass is 32.2. The molecule has 0 spiro atoms. The van der Waals surface area contributed by atoms with E-state index in [1.165, 1.54) is 38.5 Å². The van der Waals surface area contributed by atoms with Crippen molar-refractivity contribution in [3.05, 3.63) is 24.3 Å². The van der Waals surface area contributed by atoms with Crippen LogP contribution < -0.4 is 9.64 Å². The lowest BCUT2D eigenvalue weighted by Crippen LogP contribution is -2.48. The van der Waals surface area contributed by atoms with Crippen LogP contribution in [0.25, 0.3) is 0 Å². The smallest absolute Gasteiger partial charge is 0.225 e. The standard InChI is InChI=1S/C20H29N3O2S/c1-15(24)23(17-10-12-18(25-3)13-11-17)19-14-26-20(22(19)2)21-16-8-6-4-5-7-9-16/h10-13,16,19H,4-9,14H2,1-3H3. The van der Waals surface area contributed by atoms with Crippen LogP contribution in [0.1, 0.15) is 45.4 Å². The largest absolute Gasteiger partial charge is 0.497 e. The molecular weight excluding hydrogens is 346 g/mol. The minimum Gasteiger partial charge on any atom is -0.497 e. The summed E-state index contributed by atoms with van der Waals surface area (Å²) in [6.07, 6.45) is 7.62. The number of carbonyl (C=O) groups is 1. The van der Waals surface area contributed by atoms with E-state index in [9.17, 15) is 4.79 Å². The molecule has 1 aliphatic heterocycles. The van der Waals surface area contributed by atoms with Crippen LogP contribution in [0.3, 0.4) is 0 Å². The molecule has 1 aliphatic carbocycles. The summed E-state index contributed by atoms with van der Waals surface area (Å²) in [6.45, 7) is 1.63. The minimum atomic E-state index is -0.00424. The molecule has 2 fully saturated rings. The average molecular weight is 376 g/mol. The molecular formula is C20H29N3O2S. The first-order valence-electron chi connectivity index (χ1n) is 9.47. The lowest BCUT2D eigenvalue weighted by Gasteiger charge is -2.33. The van der Waals surface area contributed by atoms with E-state index in [-0.39, 0.29) is 12.1 Å². The number of aliphatic imine (C=N–C) groups is 1. The fourth-order valence-corrected chi connectivity index (χ4v) is 4.94. The topological polar surface area (TPSA) is 45.1 Å². The fraction of sp³-hybridized carbons (Fsp3) is 0.600. The van der Waals surface area contributed by atoms with Gasteiger partial charge in [-0.2, -0.15) is 0 Å². The van der Waals surface area contributed by atoms with Gasteiger partial charge in [0.05, 0.1) is 13.2 Å². The number of thioether (sulfide) groups is 1. The Kier molecular flexibility index (Phi) is 6.46.